The zero-order chi connectivity index (χ0) is 35.6. The highest BCUT2D eigenvalue weighted by Gasteiger charge is 2.35. The van der Waals surface area contributed by atoms with Crippen LogP contribution in [0, 0.1) is 0 Å². The maximum atomic E-state index is 5.39. The van der Waals surface area contributed by atoms with Gasteiger partial charge in [0.25, 0.3) is 0 Å². The summed E-state index contributed by atoms with van der Waals surface area (Å²) in [5.41, 5.74) is 18.2. The van der Waals surface area contributed by atoms with Gasteiger partial charge in [-0.05, 0) is 90.2 Å². The van der Waals surface area contributed by atoms with E-state index >= 15 is 0 Å². The molecular weight excluding hydrogens is 653 g/mol. The summed E-state index contributed by atoms with van der Waals surface area (Å²) in [6, 6.07) is 70.3. The Morgan fingerprint density at radius 2 is 0.852 bits per heavy atom. The first-order chi connectivity index (χ1) is 26.8. The molecule has 2 nitrogen and oxygen atoms in total. The number of hydrogen-bond donors (Lipinski definition) is 0. The van der Waals surface area contributed by atoms with Gasteiger partial charge in [-0.25, -0.2) is 9.97 Å². The summed E-state index contributed by atoms with van der Waals surface area (Å²) in [5.74, 6) is 0.898. The molecule has 2 heteroatoms. The lowest BCUT2D eigenvalue weighted by Crippen LogP contribution is -2.07. The number of benzene rings is 8. The van der Waals surface area contributed by atoms with E-state index in [1.807, 2.05) is 0 Å². The molecule has 0 spiro atoms. The highest BCUT2D eigenvalue weighted by atomic mass is 14.9. The Morgan fingerprint density at radius 3 is 1.54 bits per heavy atom. The molecule has 1 aromatic heterocycles. The fourth-order valence-electron chi connectivity index (χ4n) is 9.07. The van der Waals surface area contributed by atoms with Gasteiger partial charge in [0.05, 0.1) is 17.3 Å². The molecule has 2 atom stereocenters. The molecule has 2 unspecified atom stereocenters. The van der Waals surface area contributed by atoms with Crippen LogP contribution in [0.15, 0.2) is 194 Å². The Hall–Kier alpha value is -6.90. The molecule has 0 bridgehead atoms. The van der Waals surface area contributed by atoms with Crippen LogP contribution < -0.4 is 0 Å². The maximum Gasteiger partial charge on any atom is 0.141 e. The molecule has 0 radical (unpaired) electrons. The van der Waals surface area contributed by atoms with Crippen LogP contribution in [0.3, 0.4) is 0 Å². The fourth-order valence-corrected chi connectivity index (χ4v) is 9.07. The molecular formula is C52H34N2. The lowest BCUT2D eigenvalue weighted by Gasteiger charge is -2.18. The highest BCUT2D eigenvalue weighted by Crippen LogP contribution is 2.54. The summed E-state index contributed by atoms with van der Waals surface area (Å²) in [7, 11) is 0. The fraction of sp³-hybridized carbons (Fsp3) is 0.0385. The Bertz CT molecular complexity index is 2820. The number of nitrogens with zero attached hydrogens (tertiary/aromatic N) is 2. The zero-order valence-electron chi connectivity index (χ0n) is 29.5. The molecule has 1 heterocycles. The van der Waals surface area contributed by atoms with Gasteiger partial charge in [0.1, 0.15) is 5.82 Å². The van der Waals surface area contributed by atoms with E-state index in [1.54, 1.807) is 0 Å². The third-order valence-corrected chi connectivity index (χ3v) is 11.4. The summed E-state index contributed by atoms with van der Waals surface area (Å²) < 4.78 is 0. The molecule has 252 valence electrons. The molecule has 0 saturated heterocycles. The van der Waals surface area contributed by atoms with Crippen LogP contribution in [0.25, 0.3) is 66.7 Å². The molecule has 2 aliphatic carbocycles. The first kappa shape index (κ1) is 30.7. The number of aromatic nitrogens is 2. The number of fused-ring (bicyclic) bond motifs is 8. The smallest absolute Gasteiger partial charge is 0.141 e. The van der Waals surface area contributed by atoms with Crippen molar-refractivity contribution in [1.82, 2.24) is 9.97 Å². The maximum absolute atomic E-state index is 5.39. The largest absolute Gasteiger partial charge is 0.232 e. The molecule has 2 aliphatic rings. The van der Waals surface area contributed by atoms with Gasteiger partial charge in [0.2, 0.25) is 0 Å². The van der Waals surface area contributed by atoms with Crippen LogP contribution in [-0.2, 0) is 0 Å². The van der Waals surface area contributed by atoms with E-state index in [0.717, 1.165) is 28.3 Å². The van der Waals surface area contributed by atoms with Gasteiger partial charge in [-0.1, -0.05) is 176 Å². The first-order valence-corrected chi connectivity index (χ1v) is 18.7. The Kier molecular flexibility index (Phi) is 7.03. The lowest BCUT2D eigenvalue weighted by molar-refractivity contribution is 0.880. The minimum Gasteiger partial charge on any atom is -0.232 e. The predicted molar refractivity (Wildman–Crippen MR) is 221 cm³/mol. The SMILES string of the molecule is c1ccc(-c2cc(-c3ccccc3)nc(C3c4ccccc4-c4c3cc(-c3ccc5c(c3)-c3ccccc3C5c3ccccc3)c3ccccc43)n2)cc1. The number of rotatable bonds is 5. The van der Waals surface area contributed by atoms with Crippen LogP contribution in [0.4, 0.5) is 0 Å². The van der Waals surface area contributed by atoms with Crippen molar-refractivity contribution in [2.45, 2.75) is 11.8 Å². The molecule has 0 saturated carbocycles. The average molecular weight is 687 g/mol. The molecule has 54 heavy (non-hydrogen) atoms. The van der Waals surface area contributed by atoms with Crippen molar-refractivity contribution in [3.63, 3.8) is 0 Å². The van der Waals surface area contributed by atoms with Crippen LogP contribution in [-0.4, -0.2) is 9.97 Å². The zero-order valence-corrected chi connectivity index (χ0v) is 29.5. The minimum absolute atomic E-state index is 0.136. The predicted octanol–water partition coefficient (Wildman–Crippen LogP) is 13.0. The van der Waals surface area contributed by atoms with Gasteiger partial charge in [-0.2, -0.15) is 0 Å². The molecule has 8 aromatic carbocycles. The highest BCUT2D eigenvalue weighted by molar-refractivity contribution is 6.09. The van der Waals surface area contributed by atoms with Crippen LogP contribution in [0.5, 0.6) is 0 Å². The molecule has 0 amide bonds. The third-order valence-electron chi connectivity index (χ3n) is 11.4. The van der Waals surface area contributed by atoms with Gasteiger partial charge in [0.15, 0.2) is 0 Å². The van der Waals surface area contributed by atoms with Crippen molar-refractivity contribution in [1.29, 1.82) is 0 Å². The monoisotopic (exact) mass is 686 g/mol. The van der Waals surface area contributed by atoms with E-state index in [-0.39, 0.29) is 11.8 Å². The topological polar surface area (TPSA) is 25.8 Å². The van der Waals surface area contributed by atoms with Crippen LogP contribution >= 0.6 is 0 Å². The van der Waals surface area contributed by atoms with Crippen molar-refractivity contribution in [2.24, 2.45) is 0 Å². The second kappa shape index (κ2) is 12.4. The molecule has 11 rings (SSSR count). The van der Waals surface area contributed by atoms with Gasteiger partial charge in [-0.3, -0.25) is 0 Å². The standard InChI is InChI=1S/C52H34N2/c1-4-16-33(17-5-1)47-32-48(34-18-6-2-7-19-34)54-52(53-47)51-42-27-15-14-26-41(42)50-40-25-13-10-22-37(40)44(31-46(50)51)36-28-29-43-45(30-36)38-23-11-12-24-39(38)49(43)35-20-8-3-9-21-35/h1-32,49,51H. The molecule has 0 aliphatic heterocycles. The van der Waals surface area contributed by atoms with Crippen molar-refractivity contribution in [3.05, 3.63) is 228 Å². The van der Waals surface area contributed by atoms with E-state index in [1.165, 1.54) is 72.0 Å². The van der Waals surface area contributed by atoms with Crippen LogP contribution in [0.2, 0.25) is 0 Å². The normalized spacial score (nSPS) is 15.0. The van der Waals surface area contributed by atoms with Crippen molar-refractivity contribution in [3.8, 4) is 55.9 Å². The van der Waals surface area contributed by atoms with Gasteiger partial charge in [-0.15, -0.1) is 0 Å². The summed E-state index contributed by atoms with van der Waals surface area (Å²) in [4.78, 5) is 10.8. The molecule has 0 N–H and O–H groups in total. The first-order valence-electron chi connectivity index (χ1n) is 18.7. The summed E-state index contributed by atoms with van der Waals surface area (Å²) >= 11 is 0. The van der Waals surface area contributed by atoms with E-state index < -0.39 is 0 Å². The average Bonchev–Trinajstić information content (AvgIpc) is 3.77. The second-order valence-electron chi connectivity index (χ2n) is 14.4. The Morgan fingerprint density at radius 1 is 0.315 bits per heavy atom. The number of hydrogen-bond acceptors (Lipinski definition) is 2. The van der Waals surface area contributed by atoms with Gasteiger partial charge in [0, 0.05) is 17.0 Å². The molecule has 0 fully saturated rings. The quantitative estimate of drug-likeness (QED) is 0.180. The lowest BCUT2D eigenvalue weighted by atomic mass is 9.86. The van der Waals surface area contributed by atoms with E-state index in [0.29, 0.717) is 0 Å². The van der Waals surface area contributed by atoms with Crippen molar-refractivity contribution >= 4 is 10.8 Å². The van der Waals surface area contributed by atoms with Crippen LogP contribution in [0.1, 0.15) is 45.5 Å². The van der Waals surface area contributed by atoms with Gasteiger partial charge < -0.3 is 0 Å². The van der Waals surface area contributed by atoms with E-state index in [4.69, 9.17) is 9.97 Å². The summed E-state index contributed by atoms with van der Waals surface area (Å²) in [6.07, 6.45) is 0. The third kappa shape index (κ3) is 4.81. The summed E-state index contributed by atoms with van der Waals surface area (Å²) in [6.45, 7) is 0. The van der Waals surface area contributed by atoms with Gasteiger partial charge >= 0.3 is 0 Å². The molecule has 9 aromatic rings. The Labute approximate surface area is 315 Å². The van der Waals surface area contributed by atoms with E-state index in [2.05, 4.69) is 194 Å². The summed E-state index contributed by atoms with van der Waals surface area (Å²) in [5, 5.41) is 2.51. The minimum atomic E-state index is -0.136. The van der Waals surface area contributed by atoms with E-state index in [9.17, 15) is 0 Å². The second-order valence-corrected chi connectivity index (χ2v) is 14.4. The van der Waals surface area contributed by atoms with Crippen molar-refractivity contribution < 1.29 is 0 Å². The van der Waals surface area contributed by atoms with Crippen molar-refractivity contribution in [2.75, 3.05) is 0 Å². The Balaban J connectivity index is 1.14.